The summed E-state index contributed by atoms with van der Waals surface area (Å²) in [4.78, 5) is 12.6. The molecule has 0 aliphatic carbocycles. The summed E-state index contributed by atoms with van der Waals surface area (Å²) in [5.41, 5.74) is 1.54. The molecule has 2 N–H and O–H groups in total. The van der Waals surface area contributed by atoms with E-state index in [0.717, 1.165) is 22.0 Å². The van der Waals surface area contributed by atoms with Crippen molar-refractivity contribution in [1.29, 1.82) is 0 Å². The van der Waals surface area contributed by atoms with Crippen molar-refractivity contribution in [3.05, 3.63) is 88.4 Å². The van der Waals surface area contributed by atoms with Gasteiger partial charge in [-0.15, -0.1) is 0 Å². The molecule has 0 amide bonds. The molecule has 5 rings (SSSR count). The van der Waals surface area contributed by atoms with Crippen molar-refractivity contribution in [2.75, 3.05) is 0 Å². The van der Waals surface area contributed by atoms with Gasteiger partial charge in [0, 0.05) is 17.7 Å². The molecular formula is C20H14N3O3S+. The second-order valence-corrected chi connectivity index (χ2v) is 6.57. The summed E-state index contributed by atoms with van der Waals surface area (Å²) in [6.45, 7) is 0. The van der Waals surface area contributed by atoms with Gasteiger partial charge in [-0.1, -0.05) is 48.5 Å². The van der Waals surface area contributed by atoms with Crippen molar-refractivity contribution >= 4 is 28.2 Å². The van der Waals surface area contributed by atoms with Crippen LogP contribution in [0.3, 0.4) is 0 Å². The summed E-state index contributed by atoms with van der Waals surface area (Å²) in [7, 11) is 0. The van der Waals surface area contributed by atoms with Crippen LogP contribution in [0.4, 0.5) is 0 Å². The minimum Gasteiger partial charge on any atom is -0.431 e. The van der Waals surface area contributed by atoms with Crippen LogP contribution in [0.15, 0.2) is 76.0 Å². The minimum absolute atomic E-state index is 0.211. The zero-order valence-electron chi connectivity index (χ0n) is 14.0. The fourth-order valence-corrected chi connectivity index (χ4v) is 3.69. The normalized spacial score (nSPS) is 15.9. The predicted octanol–water partition coefficient (Wildman–Crippen LogP) is 2.75. The third kappa shape index (κ3) is 2.51. The number of H-pyrrole nitrogens is 1. The molecule has 1 aliphatic heterocycles. The number of nitrogens with one attached hydrogen (secondary N) is 2. The monoisotopic (exact) mass is 376 g/mol. The van der Waals surface area contributed by atoms with Crippen LogP contribution < -0.4 is 20.4 Å². The van der Waals surface area contributed by atoms with Gasteiger partial charge < -0.3 is 10.1 Å². The largest absolute Gasteiger partial charge is 0.433 e. The highest BCUT2D eigenvalue weighted by molar-refractivity contribution is 7.80. The van der Waals surface area contributed by atoms with Crippen LogP contribution in [0.2, 0.25) is 0 Å². The molecule has 1 aliphatic rings. The lowest BCUT2D eigenvalue weighted by molar-refractivity contribution is -0.678. The number of hydrogen-bond acceptors (Lipinski definition) is 4. The lowest BCUT2D eigenvalue weighted by Crippen LogP contribution is -2.47. The fourth-order valence-electron chi connectivity index (χ4n) is 3.48. The number of aromatic amines is 1. The van der Waals surface area contributed by atoms with Crippen LogP contribution in [0, 0.1) is 0 Å². The maximum Gasteiger partial charge on any atom is 0.433 e. The minimum atomic E-state index is -0.518. The number of rotatable bonds is 2. The van der Waals surface area contributed by atoms with Crippen molar-refractivity contribution < 1.29 is 13.9 Å². The van der Waals surface area contributed by atoms with Crippen LogP contribution in [-0.2, 0) is 0 Å². The molecule has 6 nitrogen and oxygen atoms in total. The summed E-state index contributed by atoms with van der Waals surface area (Å²) in [5.74, 6) is 0.627. The second-order valence-electron chi connectivity index (χ2n) is 6.20. The van der Waals surface area contributed by atoms with Crippen molar-refractivity contribution in [2.24, 2.45) is 0 Å². The molecule has 132 valence electrons. The SMILES string of the molecule is O=c1o[nH][n+](-c2ccccc2)c1C1NC(=S)Oc2ccc3ccccc3c21. The summed E-state index contributed by atoms with van der Waals surface area (Å²) in [6, 6.07) is 20.7. The maximum absolute atomic E-state index is 12.6. The van der Waals surface area contributed by atoms with E-state index < -0.39 is 11.7 Å². The molecule has 0 spiro atoms. The standard InChI is InChI=1S/C20H13N3O3S/c24-19-18(23(22-26-19)13-7-2-1-3-8-13)17-16-14-9-5-4-6-12(14)10-11-15(16)25-20(27)21-17/h1-11,17H,(H-,21,22,24,27)/p+1. The first-order chi connectivity index (χ1) is 13.2. The highest BCUT2D eigenvalue weighted by Crippen LogP contribution is 2.37. The molecule has 4 aromatic rings. The molecule has 0 bridgehead atoms. The molecule has 1 atom stereocenters. The molecule has 3 aromatic carbocycles. The van der Waals surface area contributed by atoms with E-state index >= 15 is 0 Å². The van der Waals surface area contributed by atoms with Crippen molar-refractivity contribution in [2.45, 2.75) is 6.04 Å². The van der Waals surface area contributed by atoms with Gasteiger partial charge in [-0.3, -0.25) is 4.52 Å². The summed E-state index contributed by atoms with van der Waals surface area (Å²) < 4.78 is 12.5. The molecule has 0 fully saturated rings. The number of ether oxygens (including phenoxy) is 1. The average molecular weight is 376 g/mol. The highest BCUT2D eigenvalue weighted by Gasteiger charge is 2.39. The Morgan fingerprint density at radius 1 is 0.963 bits per heavy atom. The van der Waals surface area contributed by atoms with E-state index in [4.69, 9.17) is 21.5 Å². The molecule has 7 heteroatoms. The van der Waals surface area contributed by atoms with E-state index in [1.54, 1.807) is 4.68 Å². The fraction of sp³-hybridized carbons (Fsp3) is 0.0500. The lowest BCUT2D eigenvalue weighted by atomic mass is 9.95. The molecule has 0 radical (unpaired) electrons. The van der Waals surface area contributed by atoms with Gasteiger partial charge in [-0.2, -0.15) is 0 Å². The van der Waals surface area contributed by atoms with Gasteiger partial charge in [0.05, 0.1) is 0 Å². The number of fused-ring (bicyclic) bond motifs is 3. The van der Waals surface area contributed by atoms with Crippen LogP contribution in [0.1, 0.15) is 17.3 Å². The predicted molar refractivity (Wildman–Crippen MR) is 103 cm³/mol. The smallest absolute Gasteiger partial charge is 0.431 e. The van der Waals surface area contributed by atoms with Gasteiger partial charge in [-0.05, 0) is 39.0 Å². The molecule has 2 heterocycles. The Morgan fingerprint density at radius 3 is 2.59 bits per heavy atom. The van der Waals surface area contributed by atoms with Gasteiger partial charge >= 0.3 is 11.3 Å². The first-order valence-electron chi connectivity index (χ1n) is 8.41. The van der Waals surface area contributed by atoms with E-state index in [-0.39, 0.29) is 5.17 Å². The van der Waals surface area contributed by atoms with E-state index in [1.807, 2.05) is 66.7 Å². The van der Waals surface area contributed by atoms with Crippen molar-refractivity contribution in [3.8, 4) is 11.4 Å². The number of thiocarbonyl (C=S) groups is 1. The number of hydrogen-bond donors (Lipinski definition) is 2. The van der Waals surface area contributed by atoms with Crippen LogP contribution in [-0.4, -0.2) is 10.4 Å². The van der Waals surface area contributed by atoms with E-state index in [1.165, 1.54) is 0 Å². The third-order valence-corrected chi connectivity index (χ3v) is 4.85. The Bertz CT molecular complexity index is 1230. The van der Waals surface area contributed by atoms with E-state index in [9.17, 15) is 4.79 Å². The maximum atomic E-state index is 12.6. The van der Waals surface area contributed by atoms with Gasteiger partial charge in [-0.25, -0.2) is 4.79 Å². The highest BCUT2D eigenvalue weighted by atomic mass is 32.1. The lowest BCUT2D eigenvalue weighted by Gasteiger charge is -2.26. The van der Waals surface area contributed by atoms with Crippen LogP contribution in [0.5, 0.6) is 5.75 Å². The Labute approximate surface area is 158 Å². The first kappa shape index (κ1) is 15.8. The first-order valence-corrected chi connectivity index (χ1v) is 8.82. The van der Waals surface area contributed by atoms with Gasteiger partial charge in [0.25, 0.3) is 5.17 Å². The summed E-state index contributed by atoms with van der Waals surface area (Å²) in [5, 5.41) is 8.05. The number of aromatic nitrogens is 2. The van der Waals surface area contributed by atoms with E-state index in [2.05, 4.69) is 10.6 Å². The van der Waals surface area contributed by atoms with Crippen LogP contribution >= 0.6 is 12.2 Å². The summed E-state index contributed by atoms with van der Waals surface area (Å²) in [6.07, 6.45) is 0. The molecule has 0 saturated carbocycles. The zero-order chi connectivity index (χ0) is 18.4. The molecule has 0 saturated heterocycles. The topological polar surface area (TPSA) is 71.1 Å². The molecule has 27 heavy (non-hydrogen) atoms. The zero-order valence-corrected chi connectivity index (χ0v) is 14.8. The van der Waals surface area contributed by atoms with Gasteiger partial charge in [0.1, 0.15) is 5.75 Å². The van der Waals surface area contributed by atoms with Gasteiger partial charge in [0.2, 0.25) is 5.69 Å². The number of para-hydroxylation sites is 1. The summed E-state index contributed by atoms with van der Waals surface area (Å²) >= 11 is 5.27. The van der Waals surface area contributed by atoms with Crippen molar-refractivity contribution in [1.82, 2.24) is 10.6 Å². The van der Waals surface area contributed by atoms with Crippen molar-refractivity contribution in [3.63, 3.8) is 0 Å². The Hall–Kier alpha value is -3.45. The molecule has 1 aromatic heterocycles. The Kier molecular flexibility index (Phi) is 3.54. The average Bonchev–Trinajstić information content (AvgIpc) is 3.09. The number of benzene rings is 3. The molecular weight excluding hydrogens is 362 g/mol. The number of nitrogens with zero attached hydrogens (tertiary/aromatic N) is 1. The second kappa shape index (κ2) is 6.07. The van der Waals surface area contributed by atoms with E-state index in [0.29, 0.717) is 11.4 Å². The Balaban J connectivity index is 1.80. The third-order valence-electron chi connectivity index (χ3n) is 4.65. The van der Waals surface area contributed by atoms with Gasteiger partial charge in [0.15, 0.2) is 6.04 Å². The molecule has 1 unspecified atom stereocenters. The quantitative estimate of drug-likeness (QED) is 0.416. The van der Waals surface area contributed by atoms with Crippen LogP contribution in [0.25, 0.3) is 16.5 Å². The Morgan fingerprint density at radius 2 is 1.74 bits per heavy atom.